The molecule has 1 atom stereocenters. The predicted octanol–water partition coefficient (Wildman–Crippen LogP) is 3.14. The number of rotatable bonds is 4. The Morgan fingerprint density at radius 2 is 1.83 bits per heavy atom. The van der Waals surface area contributed by atoms with Gasteiger partial charge in [-0.25, -0.2) is 4.79 Å². The van der Waals surface area contributed by atoms with Crippen molar-refractivity contribution in [2.24, 2.45) is 11.0 Å². The maximum atomic E-state index is 11.0. The zero-order valence-electron chi connectivity index (χ0n) is 16.4. The summed E-state index contributed by atoms with van der Waals surface area (Å²) < 4.78 is 5.93. The van der Waals surface area contributed by atoms with Crippen LogP contribution in [0.15, 0.2) is 53.6 Å². The number of ether oxygens (including phenoxy) is 1. The number of hydrogen-bond acceptors (Lipinski definition) is 5. The van der Waals surface area contributed by atoms with Crippen LogP contribution in [0.3, 0.4) is 0 Å². The van der Waals surface area contributed by atoms with E-state index in [-0.39, 0.29) is 0 Å². The Kier molecular flexibility index (Phi) is 5.40. The number of likely N-dealkylation sites (tertiary alicyclic amines) is 1. The molecule has 1 amide bonds. The fourth-order valence-corrected chi connectivity index (χ4v) is 3.83. The summed E-state index contributed by atoms with van der Waals surface area (Å²) in [5.41, 5.74) is 3.55. The van der Waals surface area contributed by atoms with E-state index in [1.54, 1.807) is 12.1 Å². The Morgan fingerprint density at radius 1 is 1.14 bits per heavy atom. The van der Waals surface area contributed by atoms with E-state index in [1.807, 2.05) is 48.5 Å². The summed E-state index contributed by atoms with van der Waals surface area (Å²) >= 11 is 0. The van der Waals surface area contributed by atoms with Gasteiger partial charge in [-0.15, -0.1) is 0 Å². The van der Waals surface area contributed by atoms with Gasteiger partial charge in [0.15, 0.2) is 6.23 Å². The Balaban J connectivity index is 1.41. The molecular weight excluding hydrogens is 370 g/mol. The number of hydrogen-bond donors (Lipinski definition) is 2. The highest BCUT2D eigenvalue weighted by Gasteiger charge is 2.25. The summed E-state index contributed by atoms with van der Waals surface area (Å²) in [5.74, 6) is 1.16. The molecule has 2 aromatic rings. The Labute approximate surface area is 169 Å². The van der Waals surface area contributed by atoms with Crippen molar-refractivity contribution in [2.45, 2.75) is 19.1 Å². The molecule has 2 heterocycles. The number of benzene rings is 2. The van der Waals surface area contributed by atoms with Crippen LogP contribution in [0.4, 0.5) is 4.79 Å². The average Bonchev–Trinajstić information content (AvgIpc) is 2.75. The van der Waals surface area contributed by atoms with Gasteiger partial charge in [-0.3, -0.25) is 5.01 Å². The molecule has 2 aliphatic heterocycles. The predicted molar refractivity (Wildman–Crippen MR) is 109 cm³/mol. The van der Waals surface area contributed by atoms with Crippen molar-refractivity contribution in [3.63, 3.8) is 0 Å². The number of nitrogens with zero attached hydrogens (tertiary/aromatic N) is 3. The topological polar surface area (TPSA) is 85.6 Å². The number of carbonyl (C=O) groups is 1. The first kappa shape index (κ1) is 19.3. The molecule has 1 unspecified atom stereocenters. The highest BCUT2D eigenvalue weighted by atomic mass is 16.5. The molecular formula is C22H25N3O4. The lowest BCUT2D eigenvalue weighted by Gasteiger charge is -2.30. The lowest BCUT2D eigenvalue weighted by atomic mass is 9.95. The first-order valence-corrected chi connectivity index (χ1v) is 9.83. The summed E-state index contributed by atoms with van der Waals surface area (Å²) in [4.78, 5) is 12.4. The molecule has 1 saturated heterocycles. The standard InChI is InChI=1S/C22H25N3O4/c1-24-21(26)19-5-3-2-4-18(19)20(23-24)16-6-8-17(9-7-16)29-14-15-10-12-25(13-11-15)22(27)28/h2-9,15,21,26H,10-14H2,1H3,(H,27,28). The summed E-state index contributed by atoms with van der Waals surface area (Å²) in [5, 5.41) is 25.5. The maximum absolute atomic E-state index is 11.0. The normalized spacial score (nSPS) is 19.5. The minimum atomic E-state index is -0.842. The van der Waals surface area contributed by atoms with Gasteiger partial charge in [0.05, 0.1) is 12.3 Å². The number of aliphatic hydroxyl groups is 1. The van der Waals surface area contributed by atoms with Gasteiger partial charge >= 0.3 is 6.09 Å². The van der Waals surface area contributed by atoms with Gasteiger partial charge in [0, 0.05) is 36.8 Å². The molecule has 0 radical (unpaired) electrons. The van der Waals surface area contributed by atoms with Crippen LogP contribution in [0.1, 0.15) is 35.8 Å². The highest BCUT2D eigenvalue weighted by Crippen LogP contribution is 2.29. The van der Waals surface area contributed by atoms with Crippen LogP contribution in [0.5, 0.6) is 5.75 Å². The highest BCUT2D eigenvalue weighted by molar-refractivity contribution is 6.14. The van der Waals surface area contributed by atoms with Crippen LogP contribution in [0.2, 0.25) is 0 Å². The number of aliphatic hydroxyl groups excluding tert-OH is 1. The van der Waals surface area contributed by atoms with Crippen molar-refractivity contribution >= 4 is 11.8 Å². The van der Waals surface area contributed by atoms with Crippen molar-refractivity contribution in [2.75, 3.05) is 26.7 Å². The van der Waals surface area contributed by atoms with Crippen LogP contribution >= 0.6 is 0 Å². The molecule has 0 spiro atoms. The van der Waals surface area contributed by atoms with Crippen molar-refractivity contribution < 1.29 is 19.7 Å². The lowest BCUT2D eigenvalue weighted by Crippen LogP contribution is -2.38. The van der Waals surface area contributed by atoms with Crippen LogP contribution in [-0.2, 0) is 0 Å². The minimum Gasteiger partial charge on any atom is -0.493 e. The molecule has 0 saturated carbocycles. The van der Waals surface area contributed by atoms with Gasteiger partial charge in [-0.2, -0.15) is 5.10 Å². The van der Waals surface area contributed by atoms with Gasteiger partial charge in [0.25, 0.3) is 0 Å². The van der Waals surface area contributed by atoms with Crippen LogP contribution in [-0.4, -0.2) is 58.7 Å². The molecule has 7 heteroatoms. The summed E-state index contributed by atoms with van der Waals surface area (Å²) in [6, 6.07) is 15.6. The molecule has 152 valence electrons. The van der Waals surface area contributed by atoms with Crippen molar-refractivity contribution in [3.8, 4) is 5.75 Å². The van der Waals surface area contributed by atoms with Gasteiger partial charge in [0.1, 0.15) is 5.75 Å². The van der Waals surface area contributed by atoms with E-state index in [0.717, 1.165) is 41.0 Å². The second-order valence-corrected chi connectivity index (χ2v) is 7.53. The molecule has 4 rings (SSSR count). The Morgan fingerprint density at radius 3 is 2.52 bits per heavy atom. The van der Waals surface area contributed by atoms with E-state index in [9.17, 15) is 9.90 Å². The molecule has 2 aliphatic rings. The van der Waals surface area contributed by atoms with E-state index >= 15 is 0 Å². The second kappa shape index (κ2) is 8.13. The first-order valence-electron chi connectivity index (χ1n) is 9.83. The van der Waals surface area contributed by atoms with E-state index in [2.05, 4.69) is 5.10 Å². The second-order valence-electron chi connectivity index (χ2n) is 7.53. The molecule has 0 aliphatic carbocycles. The first-order chi connectivity index (χ1) is 14.0. The Bertz CT molecular complexity index is 905. The summed E-state index contributed by atoms with van der Waals surface area (Å²) in [6.45, 7) is 1.73. The third-order valence-electron chi connectivity index (χ3n) is 5.60. The maximum Gasteiger partial charge on any atom is 0.407 e. The summed E-state index contributed by atoms with van der Waals surface area (Å²) in [6.07, 6.45) is 0.0645. The quantitative estimate of drug-likeness (QED) is 0.831. The van der Waals surface area contributed by atoms with Gasteiger partial charge in [0.2, 0.25) is 0 Å². The number of carboxylic acid groups (broad SMARTS) is 1. The van der Waals surface area contributed by atoms with E-state index in [4.69, 9.17) is 9.84 Å². The SMILES string of the molecule is CN1N=C(c2ccc(OCC3CCN(C(=O)O)CC3)cc2)c2ccccc2C1O. The van der Waals surface area contributed by atoms with Gasteiger partial charge in [-0.05, 0) is 43.0 Å². The van der Waals surface area contributed by atoms with E-state index in [0.29, 0.717) is 25.6 Å². The molecule has 2 aromatic carbocycles. The van der Waals surface area contributed by atoms with Crippen LogP contribution in [0.25, 0.3) is 0 Å². The number of hydrazone groups is 1. The zero-order valence-corrected chi connectivity index (χ0v) is 16.4. The van der Waals surface area contributed by atoms with Crippen molar-refractivity contribution in [3.05, 3.63) is 65.2 Å². The van der Waals surface area contributed by atoms with Crippen LogP contribution in [0, 0.1) is 5.92 Å². The molecule has 29 heavy (non-hydrogen) atoms. The molecule has 0 aromatic heterocycles. The zero-order chi connectivity index (χ0) is 20.4. The van der Waals surface area contributed by atoms with Crippen molar-refractivity contribution in [1.29, 1.82) is 0 Å². The fraction of sp³-hybridized carbons (Fsp3) is 0.364. The summed E-state index contributed by atoms with van der Waals surface area (Å²) in [7, 11) is 1.76. The average molecular weight is 395 g/mol. The van der Waals surface area contributed by atoms with Gasteiger partial charge in [-0.1, -0.05) is 24.3 Å². The van der Waals surface area contributed by atoms with Crippen molar-refractivity contribution in [1.82, 2.24) is 9.91 Å². The number of fused-ring (bicyclic) bond motifs is 1. The van der Waals surface area contributed by atoms with E-state index < -0.39 is 12.3 Å². The third kappa shape index (κ3) is 4.05. The molecule has 1 fully saturated rings. The Hall–Kier alpha value is -3.06. The number of piperidine rings is 1. The molecule has 0 bridgehead atoms. The lowest BCUT2D eigenvalue weighted by molar-refractivity contribution is 0.0198. The van der Waals surface area contributed by atoms with Crippen LogP contribution < -0.4 is 4.74 Å². The fourth-order valence-electron chi connectivity index (χ4n) is 3.83. The number of amides is 1. The van der Waals surface area contributed by atoms with Gasteiger partial charge < -0.3 is 19.8 Å². The monoisotopic (exact) mass is 395 g/mol. The minimum absolute atomic E-state index is 0.370. The molecule has 7 nitrogen and oxygen atoms in total. The largest absolute Gasteiger partial charge is 0.493 e. The molecule has 2 N–H and O–H groups in total. The van der Waals surface area contributed by atoms with E-state index in [1.165, 1.54) is 4.90 Å². The smallest absolute Gasteiger partial charge is 0.407 e. The third-order valence-corrected chi connectivity index (χ3v) is 5.60.